The standard InChI is InChI=1S/C13H20N2O3/c1-10-3-4-12(11(9-10)13(14)15)18-8-7-17-6-5-16-2/h3-4,9H,5-8H2,1-2H3,(H3,14,15). The van der Waals surface area contributed by atoms with Crippen LogP contribution in [0.1, 0.15) is 11.1 Å². The Hall–Kier alpha value is -1.59. The Labute approximate surface area is 107 Å². The molecule has 0 spiro atoms. The van der Waals surface area contributed by atoms with Crippen molar-refractivity contribution in [2.24, 2.45) is 5.73 Å². The van der Waals surface area contributed by atoms with Gasteiger partial charge in [0.05, 0.1) is 25.4 Å². The van der Waals surface area contributed by atoms with Gasteiger partial charge >= 0.3 is 0 Å². The van der Waals surface area contributed by atoms with Gasteiger partial charge < -0.3 is 19.9 Å². The highest BCUT2D eigenvalue weighted by atomic mass is 16.5. The van der Waals surface area contributed by atoms with Crippen molar-refractivity contribution in [2.75, 3.05) is 33.5 Å². The molecular formula is C13H20N2O3. The quantitative estimate of drug-likeness (QED) is 0.415. The van der Waals surface area contributed by atoms with Crippen molar-refractivity contribution in [3.8, 4) is 5.75 Å². The summed E-state index contributed by atoms with van der Waals surface area (Å²) in [5.41, 5.74) is 7.17. The Balaban J connectivity index is 2.44. The van der Waals surface area contributed by atoms with Crippen LogP contribution >= 0.6 is 0 Å². The van der Waals surface area contributed by atoms with E-state index in [9.17, 15) is 0 Å². The highest BCUT2D eigenvalue weighted by Gasteiger charge is 2.06. The van der Waals surface area contributed by atoms with E-state index in [2.05, 4.69) is 0 Å². The molecule has 1 aromatic carbocycles. The van der Waals surface area contributed by atoms with Crippen LogP contribution in [0.2, 0.25) is 0 Å². The Kier molecular flexibility index (Phi) is 6.18. The summed E-state index contributed by atoms with van der Waals surface area (Å²) in [6, 6.07) is 5.58. The van der Waals surface area contributed by atoms with Crippen LogP contribution in [0.25, 0.3) is 0 Å². The van der Waals surface area contributed by atoms with Gasteiger partial charge in [0.1, 0.15) is 18.2 Å². The van der Waals surface area contributed by atoms with Crippen LogP contribution in [0.5, 0.6) is 5.75 Å². The maximum absolute atomic E-state index is 7.49. The van der Waals surface area contributed by atoms with E-state index >= 15 is 0 Å². The van der Waals surface area contributed by atoms with E-state index < -0.39 is 0 Å². The normalized spacial score (nSPS) is 10.3. The number of aryl methyl sites for hydroxylation is 1. The topological polar surface area (TPSA) is 77.6 Å². The highest BCUT2D eigenvalue weighted by Crippen LogP contribution is 2.19. The third kappa shape index (κ3) is 4.73. The average molecular weight is 252 g/mol. The summed E-state index contributed by atoms with van der Waals surface area (Å²) >= 11 is 0. The van der Waals surface area contributed by atoms with E-state index in [-0.39, 0.29) is 5.84 Å². The van der Waals surface area contributed by atoms with Gasteiger partial charge in [-0.25, -0.2) is 0 Å². The molecule has 0 fully saturated rings. The number of ether oxygens (including phenoxy) is 3. The molecule has 0 atom stereocenters. The first-order valence-electron chi connectivity index (χ1n) is 5.79. The minimum atomic E-state index is 0.00833. The van der Waals surface area contributed by atoms with Crippen molar-refractivity contribution >= 4 is 5.84 Å². The van der Waals surface area contributed by atoms with Crippen LogP contribution in [-0.2, 0) is 9.47 Å². The van der Waals surface area contributed by atoms with Crippen molar-refractivity contribution in [1.82, 2.24) is 0 Å². The van der Waals surface area contributed by atoms with Gasteiger partial charge in [-0.2, -0.15) is 0 Å². The summed E-state index contributed by atoms with van der Waals surface area (Å²) in [6.45, 7) is 3.97. The second-order valence-electron chi connectivity index (χ2n) is 3.87. The second-order valence-corrected chi connectivity index (χ2v) is 3.87. The molecule has 3 N–H and O–H groups in total. The van der Waals surface area contributed by atoms with E-state index in [1.165, 1.54) is 0 Å². The third-order valence-corrected chi connectivity index (χ3v) is 2.34. The summed E-state index contributed by atoms with van der Waals surface area (Å²) in [4.78, 5) is 0. The summed E-state index contributed by atoms with van der Waals surface area (Å²) in [7, 11) is 1.63. The lowest BCUT2D eigenvalue weighted by atomic mass is 10.1. The van der Waals surface area contributed by atoms with Crippen molar-refractivity contribution in [3.63, 3.8) is 0 Å². The zero-order valence-corrected chi connectivity index (χ0v) is 10.9. The Bertz CT molecular complexity index is 394. The van der Waals surface area contributed by atoms with E-state index in [0.717, 1.165) is 5.56 Å². The zero-order valence-electron chi connectivity index (χ0n) is 10.9. The van der Waals surface area contributed by atoms with Crippen LogP contribution in [0.15, 0.2) is 18.2 Å². The van der Waals surface area contributed by atoms with Crippen LogP contribution in [0, 0.1) is 12.3 Å². The Morgan fingerprint density at radius 1 is 1.22 bits per heavy atom. The van der Waals surface area contributed by atoms with E-state index in [1.54, 1.807) is 7.11 Å². The molecule has 5 heteroatoms. The van der Waals surface area contributed by atoms with Gasteiger partial charge in [0, 0.05) is 7.11 Å². The summed E-state index contributed by atoms with van der Waals surface area (Å²) in [5, 5.41) is 7.49. The predicted octanol–water partition coefficient (Wildman–Crippen LogP) is 1.32. The summed E-state index contributed by atoms with van der Waals surface area (Å²) in [6.07, 6.45) is 0. The minimum absolute atomic E-state index is 0.00833. The van der Waals surface area contributed by atoms with Crippen molar-refractivity contribution in [1.29, 1.82) is 5.41 Å². The van der Waals surface area contributed by atoms with Gasteiger partial charge in [-0.05, 0) is 19.1 Å². The average Bonchev–Trinajstić information content (AvgIpc) is 2.35. The SMILES string of the molecule is COCCOCCOc1ccc(C)cc1C(=N)N. The number of hydrogen-bond donors (Lipinski definition) is 2. The lowest BCUT2D eigenvalue weighted by molar-refractivity contribution is 0.0544. The van der Waals surface area contributed by atoms with Gasteiger partial charge in [0.25, 0.3) is 0 Å². The molecule has 0 aliphatic carbocycles. The smallest absolute Gasteiger partial charge is 0.130 e. The second kappa shape index (κ2) is 7.68. The maximum atomic E-state index is 7.49. The molecule has 0 aromatic heterocycles. The molecule has 0 unspecified atom stereocenters. The number of nitrogens with one attached hydrogen (secondary N) is 1. The molecule has 0 radical (unpaired) electrons. The molecule has 1 aromatic rings. The molecule has 1 rings (SSSR count). The highest BCUT2D eigenvalue weighted by molar-refractivity contribution is 5.97. The molecule has 0 aliphatic rings. The van der Waals surface area contributed by atoms with Gasteiger partial charge in [-0.1, -0.05) is 11.6 Å². The fraction of sp³-hybridized carbons (Fsp3) is 0.462. The van der Waals surface area contributed by atoms with Crippen LogP contribution in [-0.4, -0.2) is 39.4 Å². The fourth-order valence-electron chi connectivity index (χ4n) is 1.44. The Morgan fingerprint density at radius 2 is 1.94 bits per heavy atom. The van der Waals surface area contributed by atoms with E-state index in [1.807, 2.05) is 25.1 Å². The predicted molar refractivity (Wildman–Crippen MR) is 70.4 cm³/mol. The van der Waals surface area contributed by atoms with Crippen molar-refractivity contribution in [3.05, 3.63) is 29.3 Å². The number of benzene rings is 1. The number of nitrogens with two attached hydrogens (primary N) is 1. The molecular weight excluding hydrogens is 232 g/mol. The van der Waals surface area contributed by atoms with Crippen LogP contribution < -0.4 is 10.5 Å². The number of nitrogen functional groups attached to an aromatic ring is 1. The number of methoxy groups -OCH3 is 1. The number of amidine groups is 1. The van der Waals surface area contributed by atoms with Crippen LogP contribution in [0.4, 0.5) is 0 Å². The van der Waals surface area contributed by atoms with Crippen molar-refractivity contribution < 1.29 is 14.2 Å². The summed E-state index contributed by atoms with van der Waals surface area (Å²) in [5.74, 6) is 0.623. The first kappa shape index (κ1) is 14.5. The molecule has 0 bridgehead atoms. The van der Waals surface area contributed by atoms with Crippen LogP contribution in [0.3, 0.4) is 0 Å². The molecule has 0 saturated heterocycles. The van der Waals surface area contributed by atoms with E-state index in [0.29, 0.717) is 37.7 Å². The molecule has 0 heterocycles. The Morgan fingerprint density at radius 3 is 2.61 bits per heavy atom. The molecule has 100 valence electrons. The fourth-order valence-corrected chi connectivity index (χ4v) is 1.44. The van der Waals surface area contributed by atoms with Crippen molar-refractivity contribution in [2.45, 2.75) is 6.92 Å². The monoisotopic (exact) mass is 252 g/mol. The lowest BCUT2D eigenvalue weighted by Crippen LogP contribution is -2.15. The minimum Gasteiger partial charge on any atom is -0.490 e. The molecule has 18 heavy (non-hydrogen) atoms. The maximum Gasteiger partial charge on any atom is 0.130 e. The van der Waals surface area contributed by atoms with Gasteiger partial charge in [0.15, 0.2) is 0 Å². The lowest BCUT2D eigenvalue weighted by Gasteiger charge is -2.11. The number of hydrogen-bond acceptors (Lipinski definition) is 4. The van der Waals surface area contributed by atoms with E-state index in [4.69, 9.17) is 25.4 Å². The zero-order chi connectivity index (χ0) is 13.4. The molecule has 0 saturated carbocycles. The summed E-state index contributed by atoms with van der Waals surface area (Å²) < 4.78 is 15.7. The van der Waals surface area contributed by atoms with Gasteiger partial charge in [-0.15, -0.1) is 0 Å². The van der Waals surface area contributed by atoms with Gasteiger partial charge in [-0.3, -0.25) is 5.41 Å². The third-order valence-electron chi connectivity index (χ3n) is 2.34. The molecule has 0 amide bonds. The molecule has 5 nitrogen and oxygen atoms in total. The first-order chi connectivity index (χ1) is 8.65. The largest absolute Gasteiger partial charge is 0.490 e. The first-order valence-corrected chi connectivity index (χ1v) is 5.79. The number of rotatable bonds is 8. The van der Waals surface area contributed by atoms with Gasteiger partial charge in [0.2, 0.25) is 0 Å². The molecule has 0 aliphatic heterocycles.